The first-order valence-electron chi connectivity index (χ1n) is 8.30. The van der Waals surface area contributed by atoms with Gasteiger partial charge in [0.25, 0.3) is 0 Å². The molecule has 3 rings (SSSR count). The fourth-order valence-electron chi connectivity index (χ4n) is 2.98. The average molecular weight is 331 g/mol. The number of phenolic OH excluding ortho intramolecular Hbond substituents is 1. The number of carbonyl (C=O) groups is 1. The monoisotopic (exact) mass is 331 g/mol. The van der Waals surface area contributed by atoms with Crippen LogP contribution < -0.4 is 5.73 Å². The topological polar surface area (TPSA) is 63.3 Å². The van der Waals surface area contributed by atoms with E-state index < -0.39 is 5.91 Å². The summed E-state index contributed by atoms with van der Waals surface area (Å²) < 4.78 is 0. The molecule has 3 aromatic rings. The molecule has 0 aliphatic heterocycles. The van der Waals surface area contributed by atoms with Crippen molar-refractivity contribution in [1.29, 1.82) is 0 Å². The predicted molar refractivity (Wildman–Crippen MR) is 102 cm³/mol. The summed E-state index contributed by atoms with van der Waals surface area (Å²) in [4.78, 5) is 12.2. The molecule has 0 saturated carbocycles. The summed E-state index contributed by atoms with van der Waals surface area (Å²) in [6.07, 6.45) is 0. The number of primary amides is 1. The van der Waals surface area contributed by atoms with E-state index in [1.54, 1.807) is 12.1 Å². The van der Waals surface area contributed by atoms with Crippen LogP contribution in [-0.4, -0.2) is 11.0 Å². The molecule has 3 nitrogen and oxygen atoms in total. The maximum atomic E-state index is 12.2. The van der Waals surface area contributed by atoms with Crippen molar-refractivity contribution in [2.75, 3.05) is 0 Å². The summed E-state index contributed by atoms with van der Waals surface area (Å²) in [7, 11) is 0. The van der Waals surface area contributed by atoms with E-state index in [9.17, 15) is 9.90 Å². The zero-order valence-corrected chi connectivity index (χ0v) is 14.4. The van der Waals surface area contributed by atoms with Crippen LogP contribution in [0.4, 0.5) is 0 Å². The molecule has 0 fully saturated rings. The van der Waals surface area contributed by atoms with Crippen LogP contribution in [-0.2, 0) is 0 Å². The van der Waals surface area contributed by atoms with Gasteiger partial charge in [0.05, 0.1) is 0 Å². The number of nitrogens with two attached hydrogens (primary N) is 1. The summed E-state index contributed by atoms with van der Waals surface area (Å²) in [5.41, 5.74) is 10.9. The molecule has 0 radical (unpaired) electrons. The van der Waals surface area contributed by atoms with Crippen molar-refractivity contribution in [3.05, 3.63) is 77.9 Å². The molecule has 0 aromatic heterocycles. The van der Waals surface area contributed by atoms with E-state index in [1.807, 2.05) is 48.5 Å². The van der Waals surface area contributed by atoms with Gasteiger partial charge in [0, 0.05) is 11.1 Å². The van der Waals surface area contributed by atoms with Crippen LogP contribution in [0.2, 0.25) is 0 Å². The van der Waals surface area contributed by atoms with E-state index in [2.05, 4.69) is 19.9 Å². The van der Waals surface area contributed by atoms with E-state index in [1.165, 1.54) is 0 Å². The lowest BCUT2D eigenvalue weighted by atomic mass is 9.86. The number of hydrogen-bond acceptors (Lipinski definition) is 2. The Morgan fingerprint density at radius 1 is 0.920 bits per heavy atom. The van der Waals surface area contributed by atoms with Gasteiger partial charge in [-0.2, -0.15) is 0 Å². The first kappa shape index (κ1) is 16.8. The number of amides is 1. The lowest BCUT2D eigenvalue weighted by Crippen LogP contribution is -2.14. The maximum absolute atomic E-state index is 12.2. The van der Waals surface area contributed by atoms with Crippen LogP contribution >= 0.6 is 0 Å². The number of hydrogen-bond donors (Lipinski definition) is 2. The molecular weight excluding hydrogens is 310 g/mol. The number of rotatable bonds is 4. The highest BCUT2D eigenvalue weighted by Crippen LogP contribution is 2.38. The lowest BCUT2D eigenvalue weighted by Gasteiger charge is -2.18. The fraction of sp³-hybridized carbons (Fsp3) is 0.136. The van der Waals surface area contributed by atoms with Crippen molar-refractivity contribution in [3.8, 4) is 28.0 Å². The number of carbonyl (C=O) groups excluding carboxylic acids is 1. The third-order valence-electron chi connectivity index (χ3n) is 4.33. The van der Waals surface area contributed by atoms with Crippen molar-refractivity contribution in [1.82, 2.24) is 0 Å². The Morgan fingerprint density at radius 3 is 2.12 bits per heavy atom. The van der Waals surface area contributed by atoms with E-state index >= 15 is 0 Å². The average Bonchev–Trinajstić information content (AvgIpc) is 2.62. The van der Waals surface area contributed by atoms with Crippen molar-refractivity contribution < 1.29 is 9.90 Å². The van der Waals surface area contributed by atoms with E-state index in [-0.39, 0.29) is 11.7 Å². The molecule has 0 saturated heterocycles. The Hall–Kier alpha value is -3.07. The molecule has 3 N–H and O–H groups in total. The van der Waals surface area contributed by atoms with Crippen LogP contribution in [0, 0.1) is 0 Å². The molecule has 0 atom stereocenters. The van der Waals surface area contributed by atoms with Gasteiger partial charge in [-0.3, -0.25) is 4.79 Å². The van der Waals surface area contributed by atoms with Crippen molar-refractivity contribution in [2.24, 2.45) is 5.73 Å². The standard InChI is InChI=1S/C22H21NO2/c1-14(2)17-12-19(15-8-10-18(24)11-9-15)21(20(13-17)22(23)25)16-6-4-3-5-7-16/h3-14,24H,1-2H3,(H2,23,25). The van der Waals surface area contributed by atoms with Gasteiger partial charge in [0.1, 0.15) is 5.75 Å². The van der Waals surface area contributed by atoms with E-state index in [0.717, 1.165) is 27.8 Å². The van der Waals surface area contributed by atoms with Crippen molar-refractivity contribution >= 4 is 5.91 Å². The van der Waals surface area contributed by atoms with Gasteiger partial charge < -0.3 is 10.8 Å². The minimum absolute atomic E-state index is 0.208. The highest BCUT2D eigenvalue weighted by Gasteiger charge is 2.18. The summed E-state index contributed by atoms with van der Waals surface area (Å²) in [5, 5.41) is 9.60. The Balaban J connectivity index is 2.37. The molecule has 0 aliphatic rings. The van der Waals surface area contributed by atoms with Gasteiger partial charge in [-0.1, -0.05) is 62.4 Å². The number of aromatic hydroxyl groups is 1. The van der Waals surface area contributed by atoms with Gasteiger partial charge in [0.2, 0.25) is 5.91 Å². The van der Waals surface area contributed by atoms with Crippen LogP contribution in [0.1, 0.15) is 35.7 Å². The van der Waals surface area contributed by atoms with Crippen LogP contribution in [0.5, 0.6) is 5.75 Å². The lowest BCUT2D eigenvalue weighted by molar-refractivity contribution is 0.100. The highest BCUT2D eigenvalue weighted by molar-refractivity contribution is 6.04. The number of phenols is 1. The van der Waals surface area contributed by atoms with Crippen molar-refractivity contribution in [2.45, 2.75) is 19.8 Å². The minimum atomic E-state index is -0.443. The zero-order valence-electron chi connectivity index (χ0n) is 14.4. The van der Waals surface area contributed by atoms with Crippen molar-refractivity contribution in [3.63, 3.8) is 0 Å². The normalized spacial score (nSPS) is 10.8. The van der Waals surface area contributed by atoms with Crippen LogP contribution in [0.3, 0.4) is 0 Å². The van der Waals surface area contributed by atoms with Gasteiger partial charge in [0.15, 0.2) is 0 Å². The Kier molecular flexibility index (Phi) is 4.57. The number of benzene rings is 3. The molecule has 126 valence electrons. The third kappa shape index (κ3) is 3.41. The Bertz CT molecular complexity index is 897. The molecule has 0 unspecified atom stereocenters. The zero-order chi connectivity index (χ0) is 18.0. The highest BCUT2D eigenvalue weighted by atomic mass is 16.3. The maximum Gasteiger partial charge on any atom is 0.249 e. The van der Waals surface area contributed by atoms with Gasteiger partial charge in [-0.05, 0) is 46.4 Å². The Labute approximate surface area is 147 Å². The summed E-state index contributed by atoms with van der Waals surface area (Å²) in [5.74, 6) is 0.0281. The minimum Gasteiger partial charge on any atom is -0.508 e. The van der Waals surface area contributed by atoms with Crippen LogP contribution in [0.15, 0.2) is 66.7 Å². The fourth-order valence-corrected chi connectivity index (χ4v) is 2.98. The molecule has 0 aliphatic carbocycles. The molecule has 0 heterocycles. The second-order valence-corrected chi connectivity index (χ2v) is 6.42. The first-order chi connectivity index (χ1) is 12.0. The second-order valence-electron chi connectivity index (χ2n) is 6.42. The SMILES string of the molecule is CC(C)c1cc(C(N)=O)c(-c2ccccc2)c(-c2ccc(O)cc2)c1. The van der Waals surface area contributed by atoms with E-state index in [0.29, 0.717) is 5.56 Å². The van der Waals surface area contributed by atoms with Gasteiger partial charge >= 0.3 is 0 Å². The first-order valence-corrected chi connectivity index (χ1v) is 8.30. The summed E-state index contributed by atoms with van der Waals surface area (Å²) >= 11 is 0. The van der Waals surface area contributed by atoms with E-state index in [4.69, 9.17) is 5.73 Å². The van der Waals surface area contributed by atoms with Gasteiger partial charge in [-0.25, -0.2) is 0 Å². The quantitative estimate of drug-likeness (QED) is 0.710. The largest absolute Gasteiger partial charge is 0.508 e. The molecule has 25 heavy (non-hydrogen) atoms. The molecule has 1 amide bonds. The third-order valence-corrected chi connectivity index (χ3v) is 4.33. The molecule has 0 spiro atoms. The molecule has 0 bridgehead atoms. The Morgan fingerprint density at radius 2 is 1.56 bits per heavy atom. The van der Waals surface area contributed by atoms with Crippen LogP contribution in [0.25, 0.3) is 22.3 Å². The molecular formula is C22H21NO2. The second kappa shape index (κ2) is 6.81. The molecule has 3 aromatic carbocycles. The summed E-state index contributed by atoms with van der Waals surface area (Å²) in [6, 6.07) is 20.8. The van der Waals surface area contributed by atoms with Gasteiger partial charge in [-0.15, -0.1) is 0 Å². The molecule has 3 heteroatoms. The smallest absolute Gasteiger partial charge is 0.249 e. The summed E-state index contributed by atoms with van der Waals surface area (Å²) in [6.45, 7) is 4.17. The predicted octanol–water partition coefficient (Wildman–Crippen LogP) is 4.95.